The number of amides is 1. The number of aryl methyl sites for hydroxylation is 1. The molecule has 1 aromatic heterocycles. The van der Waals surface area contributed by atoms with Gasteiger partial charge in [-0.1, -0.05) is 54.4 Å². The van der Waals surface area contributed by atoms with E-state index in [0.29, 0.717) is 23.3 Å². The SMILES string of the molecule is CCCCc1ccc(C(=O)N2CCC[C@H](c3nc(-c4cccc(Cl)c4)no3)C2)cc1. The van der Waals surface area contributed by atoms with Crippen LogP contribution < -0.4 is 0 Å². The van der Waals surface area contributed by atoms with Crippen LogP contribution in [0.5, 0.6) is 0 Å². The largest absolute Gasteiger partial charge is 0.339 e. The lowest BCUT2D eigenvalue weighted by atomic mass is 9.97. The van der Waals surface area contributed by atoms with Gasteiger partial charge in [0.15, 0.2) is 0 Å². The van der Waals surface area contributed by atoms with Crippen LogP contribution in [0.4, 0.5) is 0 Å². The number of nitrogens with zero attached hydrogens (tertiary/aromatic N) is 3. The van der Waals surface area contributed by atoms with Gasteiger partial charge in [0.1, 0.15) is 0 Å². The van der Waals surface area contributed by atoms with Crippen molar-refractivity contribution in [3.8, 4) is 11.4 Å². The van der Waals surface area contributed by atoms with Crippen LogP contribution in [0.3, 0.4) is 0 Å². The average molecular weight is 424 g/mol. The highest BCUT2D eigenvalue weighted by Crippen LogP contribution is 2.29. The van der Waals surface area contributed by atoms with E-state index in [4.69, 9.17) is 16.1 Å². The number of rotatable bonds is 6. The Labute approximate surface area is 182 Å². The molecule has 0 bridgehead atoms. The number of carbonyl (C=O) groups excluding carboxylic acids is 1. The number of hydrogen-bond donors (Lipinski definition) is 0. The van der Waals surface area contributed by atoms with Gasteiger partial charge in [0, 0.05) is 29.2 Å². The molecule has 1 aliphatic heterocycles. The first kappa shape index (κ1) is 20.6. The molecule has 6 heteroatoms. The van der Waals surface area contributed by atoms with Crippen LogP contribution in [0.25, 0.3) is 11.4 Å². The van der Waals surface area contributed by atoms with E-state index >= 15 is 0 Å². The van der Waals surface area contributed by atoms with Gasteiger partial charge >= 0.3 is 0 Å². The van der Waals surface area contributed by atoms with Gasteiger partial charge in [-0.2, -0.15) is 4.98 Å². The molecule has 0 N–H and O–H groups in total. The highest BCUT2D eigenvalue weighted by Gasteiger charge is 2.29. The standard InChI is InChI=1S/C24H26ClN3O2/c1-2-3-6-17-10-12-18(13-11-17)24(29)28-14-5-8-20(16-28)23-26-22(27-30-23)19-7-4-9-21(25)15-19/h4,7,9-13,15,20H,2-3,5-6,8,14,16H2,1H3/t20-/m0/s1. The zero-order chi connectivity index (χ0) is 20.9. The fraction of sp³-hybridized carbons (Fsp3) is 0.375. The summed E-state index contributed by atoms with van der Waals surface area (Å²) in [6.45, 7) is 3.53. The number of piperidine rings is 1. The van der Waals surface area contributed by atoms with Gasteiger partial charge in [0.05, 0.1) is 5.92 Å². The summed E-state index contributed by atoms with van der Waals surface area (Å²) in [5.41, 5.74) is 2.84. The third kappa shape index (κ3) is 4.73. The van der Waals surface area contributed by atoms with E-state index in [2.05, 4.69) is 29.2 Å². The van der Waals surface area contributed by atoms with Gasteiger partial charge < -0.3 is 9.42 Å². The molecular formula is C24H26ClN3O2. The molecule has 0 spiro atoms. The molecule has 30 heavy (non-hydrogen) atoms. The first-order chi connectivity index (χ1) is 14.6. The van der Waals surface area contributed by atoms with E-state index in [0.717, 1.165) is 36.9 Å². The Kier molecular flexibility index (Phi) is 6.48. The van der Waals surface area contributed by atoms with Gasteiger partial charge in [-0.15, -0.1) is 0 Å². The maximum absolute atomic E-state index is 13.0. The van der Waals surface area contributed by atoms with Gasteiger partial charge in [0.2, 0.25) is 11.7 Å². The van der Waals surface area contributed by atoms with Crippen molar-refractivity contribution in [1.82, 2.24) is 15.0 Å². The topological polar surface area (TPSA) is 59.2 Å². The molecule has 0 unspecified atom stereocenters. The highest BCUT2D eigenvalue weighted by atomic mass is 35.5. The first-order valence-corrected chi connectivity index (χ1v) is 11.0. The second-order valence-electron chi connectivity index (χ2n) is 7.86. The number of unbranched alkanes of at least 4 members (excludes halogenated alkanes) is 1. The van der Waals surface area contributed by atoms with E-state index < -0.39 is 0 Å². The van der Waals surface area contributed by atoms with Crippen molar-refractivity contribution in [2.24, 2.45) is 0 Å². The summed E-state index contributed by atoms with van der Waals surface area (Å²) in [5.74, 6) is 1.22. The van der Waals surface area contributed by atoms with Gasteiger partial charge in [-0.25, -0.2) is 0 Å². The number of likely N-dealkylation sites (tertiary alicyclic amines) is 1. The molecule has 1 saturated heterocycles. The third-order valence-electron chi connectivity index (χ3n) is 5.60. The average Bonchev–Trinajstić information content (AvgIpc) is 3.28. The minimum Gasteiger partial charge on any atom is -0.339 e. The van der Waals surface area contributed by atoms with Crippen molar-refractivity contribution in [3.05, 3.63) is 70.6 Å². The lowest BCUT2D eigenvalue weighted by Gasteiger charge is -2.31. The Morgan fingerprint density at radius 3 is 2.83 bits per heavy atom. The van der Waals surface area contributed by atoms with Crippen LogP contribution in [-0.4, -0.2) is 34.0 Å². The van der Waals surface area contributed by atoms with Crippen molar-refractivity contribution < 1.29 is 9.32 Å². The number of halogens is 1. The van der Waals surface area contributed by atoms with Crippen molar-refractivity contribution in [2.45, 2.75) is 44.9 Å². The second kappa shape index (κ2) is 9.43. The highest BCUT2D eigenvalue weighted by molar-refractivity contribution is 6.30. The Morgan fingerprint density at radius 2 is 2.07 bits per heavy atom. The van der Waals surface area contributed by atoms with Crippen molar-refractivity contribution >= 4 is 17.5 Å². The van der Waals surface area contributed by atoms with Crippen molar-refractivity contribution in [1.29, 1.82) is 0 Å². The van der Waals surface area contributed by atoms with Crippen LogP contribution >= 0.6 is 11.6 Å². The van der Waals surface area contributed by atoms with Crippen LogP contribution in [-0.2, 0) is 6.42 Å². The Morgan fingerprint density at radius 1 is 1.23 bits per heavy atom. The Hall–Kier alpha value is -2.66. The lowest BCUT2D eigenvalue weighted by molar-refractivity contribution is 0.0695. The first-order valence-electron chi connectivity index (χ1n) is 10.6. The molecule has 1 amide bonds. The number of benzene rings is 2. The molecule has 3 aromatic rings. The van der Waals surface area contributed by atoms with Gasteiger partial charge in [-0.05, 0) is 55.5 Å². The van der Waals surface area contributed by atoms with E-state index in [1.54, 1.807) is 0 Å². The molecule has 156 valence electrons. The maximum Gasteiger partial charge on any atom is 0.253 e. The summed E-state index contributed by atoms with van der Waals surface area (Å²) in [7, 11) is 0. The summed E-state index contributed by atoms with van der Waals surface area (Å²) >= 11 is 6.07. The Balaban J connectivity index is 1.44. The predicted molar refractivity (Wildman–Crippen MR) is 118 cm³/mol. The summed E-state index contributed by atoms with van der Waals surface area (Å²) in [5, 5.41) is 4.75. The predicted octanol–water partition coefficient (Wildman–Crippen LogP) is 5.75. The summed E-state index contributed by atoms with van der Waals surface area (Å²) in [6.07, 6.45) is 5.24. The summed E-state index contributed by atoms with van der Waals surface area (Å²) in [6, 6.07) is 15.4. The van der Waals surface area contributed by atoms with E-state index in [1.165, 1.54) is 18.4 Å². The smallest absolute Gasteiger partial charge is 0.253 e. The van der Waals surface area contributed by atoms with Crippen molar-refractivity contribution in [3.63, 3.8) is 0 Å². The zero-order valence-electron chi connectivity index (χ0n) is 17.2. The van der Waals surface area contributed by atoms with Crippen LogP contribution in [0.1, 0.15) is 60.3 Å². The Bertz CT molecular complexity index is 1000. The lowest BCUT2D eigenvalue weighted by Crippen LogP contribution is -2.39. The molecule has 2 heterocycles. The summed E-state index contributed by atoms with van der Waals surface area (Å²) in [4.78, 5) is 19.5. The quantitative estimate of drug-likeness (QED) is 0.506. The fourth-order valence-electron chi connectivity index (χ4n) is 3.89. The van der Waals surface area contributed by atoms with Gasteiger partial charge in [-0.3, -0.25) is 4.79 Å². The number of carbonyl (C=O) groups is 1. The zero-order valence-corrected chi connectivity index (χ0v) is 17.9. The molecule has 4 rings (SSSR count). The van der Waals surface area contributed by atoms with E-state index in [1.807, 2.05) is 41.3 Å². The minimum atomic E-state index is 0.0481. The minimum absolute atomic E-state index is 0.0481. The molecule has 1 fully saturated rings. The molecular weight excluding hydrogens is 398 g/mol. The second-order valence-corrected chi connectivity index (χ2v) is 8.29. The molecule has 2 aromatic carbocycles. The maximum atomic E-state index is 13.0. The normalized spacial score (nSPS) is 16.6. The van der Waals surface area contributed by atoms with E-state index in [9.17, 15) is 4.79 Å². The molecule has 0 saturated carbocycles. The van der Waals surface area contributed by atoms with Gasteiger partial charge in [0.25, 0.3) is 5.91 Å². The molecule has 1 atom stereocenters. The number of hydrogen-bond acceptors (Lipinski definition) is 4. The molecule has 0 radical (unpaired) electrons. The van der Waals surface area contributed by atoms with Crippen LogP contribution in [0.2, 0.25) is 5.02 Å². The van der Waals surface area contributed by atoms with Crippen LogP contribution in [0, 0.1) is 0 Å². The monoisotopic (exact) mass is 423 g/mol. The number of aromatic nitrogens is 2. The third-order valence-corrected chi connectivity index (χ3v) is 5.84. The molecule has 5 nitrogen and oxygen atoms in total. The van der Waals surface area contributed by atoms with Crippen molar-refractivity contribution in [2.75, 3.05) is 13.1 Å². The molecule has 0 aliphatic carbocycles. The summed E-state index contributed by atoms with van der Waals surface area (Å²) < 4.78 is 5.54. The molecule has 1 aliphatic rings. The van der Waals surface area contributed by atoms with Crippen LogP contribution in [0.15, 0.2) is 53.1 Å². The fourth-order valence-corrected chi connectivity index (χ4v) is 4.08. The van der Waals surface area contributed by atoms with E-state index in [-0.39, 0.29) is 11.8 Å².